The number of carbonyl (C=O) groups excluding carboxylic acids is 1. The van der Waals surface area contributed by atoms with Gasteiger partial charge in [-0.05, 0) is 17.2 Å². The van der Waals surface area contributed by atoms with Crippen molar-refractivity contribution in [3.05, 3.63) is 65.7 Å². The fourth-order valence-corrected chi connectivity index (χ4v) is 2.95. The van der Waals surface area contributed by atoms with Crippen LogP contribution in [0.15, 0.2) is 59.6 Å². The minimum Gasteiger partial charge on any atom is -0.354 e. The van der Waals surface area contributed by atoms with E-state index in [-0.39, 0.29) is 5.91 Å². The fourth-order valence-electron chi connectivity index (χ4n) is 2.95. The summed E-state index contributed by atoms with van der Waals surface area (Å²) in [5.74, 6) is 0.986. The highest BCUT2D eigenvalue weighted by atomic mass is 16.2. The maximum Gasteiger partial charge on any atom is 0.231 e. The third-order valence-electron chi connectivity index (χ3n) is 4.22. The summed E-state index contributed by atoms with van der Waals surface area (Å²) in [4.78, 5) is 20.7. The van der Waals surface area contributed by atoms with Crippen molar-refractivity contribution < 1.29 is 4.79 Å². The van der Waals surface area contributed by atoms with Gasteiger partial charge >= 0.3 is 0 Å². The molecular weight excluding hydrogens is 312 g/mol. The molecule has 0 atom stereocenters. The van der Waals surface area contributed by atoms with Crippen LogP contribution in [0.2, 0.25) is 0 Å². The van der Waals surface area contributed by atoms with Crippen LogP contribution >= 0.6 is 0 Å². The van der Waals surface area contributed by atoms with Crippen LogP contribution in [0.5, 0.6) is 0 Å². The average molecular weight is 336 g/mol. The third kappa shape index (κ3) is 4.18. The number of rotatable bonds is 5. The summed E-state index contributed by atoms with van der Waals surface area (Å²) in [5.41, 5.74) is 3.31. The van der Waals surface area contributed by atoms with E-state index in [9.17, 15) is 4.79 Å². The van der Waals surface area contributed by atoms with Crippen molar-refractivity contribution in [3.63, 3.8) is 0 Å². The Morgan fingerprint density at radius 2 is 1.84 bits per heavy atom. The highest BCUT2D eigenvalue weighted by molar-refractivity contribution is 6.01. The standard InChI is InChI=1S/C20H24N4O/c1-23(2)20(22-15-16-8-4-3-5-9-16)21-12-13-24-18-11-7-6-10-17(18)14-19(24)25/h3-11H,12-15H2,1-2H3,(H,21,22). The van der Waals surface area contributed by atoms with Gasteiger partial charge in [0, 0.05) is 32.9 Å². The zero-order chi connectivity index (χ0) is 17.6. The van der Waals surface area contributed by atoms with Crippen molar-refractivity contribution in [3.8, 4) is 0 Å². The normalized spacial score (nSPS) is 13.8. The molecule has 0 aliphatic carbocycles. The summed E-state index contributed by atoms with van der Waals surface area (Å²) in [7, 11) is 3.93. The summed E-state index contributed by atoms with van der Waals surface area (Å²) >= 11 is 0. The molecule has 1 heterocycles. The number of guanidine groups is 1. The number of hydrogen-bond donors (Lipinski definition) is 1. The Hall–Kier alpha value is -2.82. The van der Waals surface area contributed by atoms with Crippen molar-refractivity contribution in [1.82, 2.24) is 10.2 Å². The molecule has 0 saturated carbocycles. The molecule has 1 aliphatic heterocycles. The largest absolute Gasteiger partial charge is 0.354 e. The maximum atomic E-state index is 12.2. The highest BCUT2D eigenvalue weighted by Gasteiger charge is 2.26. The predicted molar refractivity (Wildman–Crippen MR) is 102 cm³/mol. The van der Waals surface area contributed by atoms with Crippen molar-refractivity contribution in [2.45, 2.75) is 13.0 Å². The van der Waals surface area contributed by atoms with Crippen LogP contribution in [-0.4, -0.2) is 44.0 Å². The first-order chi connectivity index (χ1) is 12.1. The first-order valence-corrected chi connectivity index (χ1v) is 8.53. The van der Waals surface area contributed by atoms with Gasteiger partial charge in [0.2, 0.25) is 5.91 Å². The van der Waals surface area contributed by atoms with Gasteiger partial charge in [-0.15, -0.1) is 0 Å². The van der Waals surface area contributed by atoms with Gasteiger partial charge in [0.25, 0.3) is 0 Å². The molecule has 0 radical (unpaired) electrons. The summed E-state index contributed by atoms with van der Waals surface area (Å²) in [6.07, 6.45) is 0.499. The fraction of sp³-hybridized carbons (Fsp3) is 0.300. The highest BCUT2D eigenvalue weighted by Crippen LogP contribution is 2.27. The van der Waals surface area contributed by atoms with E-state index in [1.165, 1.54) is 5.56 Å². The molecule has 5 heteroatoms. The van der Waals surface area contributed by atoms with Crippen LogP contribution in [0.4, 0.5) is 5.69 Å². The first kappa shape index (κ1) is 17.0. The smallest absolute Gasteiger partial charge is 0.231 e. The first-order valence-electron chi connectivity index (χ1n) is 8.53. The molecule has 5 nitrogen and oxygen atoms in total. The molecule has 0 unspecified atom stereocenters. The zero-order valence-corrected chi connectivity index (χ0v) is 14.8. The van der Waals surface area contributed by atoms with E-state index in [0.29, 0.717) is 26.1 Å². The molecule has 2 aromatic carbocycles. The van der Waals surface area contributed by atoms with E-state index < -0.39 is 0 Å². The van der Waals surface area contributed by atoms with Gasteiger partial charge < -0.3 is 15.1 Å². The second-order valence-corrected chi connectivity index (χ2v) is 6.30. The Kier molecular flexibility index (Phi) is 5.33. The summed E-state index contributed by atoms with van der Waals surface area (Å²) in [6.45, 7) is 1.92. The Bertz CT molecular complexity index is 755. The van der Waals surface area contributed by atoms with E-state index in [4.69, 9.17) is 0 Å². The number of aliphatic imine (C=N–C) groups is 1. The Morgan fingerprint density at radius 3 is 2.60 bits per heavy atom. The minimum atomic E-state index is 0.163. The lowest BCUT2D eigenvalue weighted by atomic mass is 10.2. The molecule has 130 valence electrons. The van der Waals surface area contributed by atoms with Crippen LogP contribution < -0.4 is 10.2 Å². The predicted octanol–water partition coefficient (Wildman–Crippen LogP) is 2.28. The lowest BCUT2D eigenvalue weighted by molar-refractivity contribution is -0.117. The van der Waals surface area contributed by atoms with Gasteiger partial charge in [-0.3, -0.25) is 4.79 Å². The topological polar surface area (TPSA) is 47.9 Å². The van der Waals surface area contributed by atoms with Crippen molar-refractivity contribution in [2.75, 3.05) is 32.1 Å². The molecule has 1 aliphatic rings. The molecule has 0 saturated heterocycles. The van der Waals surface area contributed by atoms with E-state index in [0.717, 1.165) is 17.2 Å². The van der Waals surface area contributed by atoms with E-state index >= 15 is 0 Å². The van der Waals surface area contributed by atoms with E-state index in [2.05, 4.69) is 22.4 Å². The van der Waals surface area contributed by atoms with Crippen molar-refractivity contribution in [2.24, 2.45) is 4.99 Å². The SMILES string of the molecule is CN(C)C(=NCc1ccccc1)NCCN1C(=O)Cc2ccccc21. The molecule has 0 bridgehead atoms. The van der Waals surface area contributed by atoms with E-state index in [1.807, 2.05) is 66.4 Å². The van der Waals surface area contributed by atoms with Crippen LogP contribution in [0.1, 0.15) is 11.1 Å². The Labute approximate surface area is 149 Å². The number of para-hydroxylation sites is 1. The number of fused-ring (bicyclic) bond motifs is 1. The van der Waals surface area contributed by atoms with Gasteiger partial charge in [0.1, 0.15) is 0 Å². The van der Waals surface area contributed by atoms with Gasteiger partial charge in [-0.1, -0.05) is 48.5 Å². The van der Waals surface area contributed by atoms with Crippen LogP contribution in [0.3, 0.4) is 0 Å². The van der Waals surface area contributed by atoms with Crippen LogP contribution in [0, 0.1) is 0 Å². The lowest BCUT2D eigenvalue weighted by Gasteiger charge is -2.21. The number of anilines is 1. The number of amides is 1. The van der Waals surface area contributed by atoms with E-state index in [1.54, 1.807) is 0 Å². The maximum absolute atomic E-state index is 12.2. The molecular formula is C20H24N4O. The molecule has 0 spiro atoms. The molecule has 2 aromatic rings. The third-order valence-corrected chi connectivity index (χ3v) is 4.22. The van der Waals surface area contributed by atoms with Gasteiger partial charge in [0.15, 0.2) is 5.96 Å². The summed E-state index contributed by atoms with van der Waals surface area (Å²) in [5, 5.41) is 3.35. The van der Waals surface area contributed by atoms with Gasteiger partial charge in [-0.2, -0.15) is 0 Å². The number of carbonyl (C=O) groups is 1. The Morgan fingerprint density at radius 1 is 1.12 bits per heavy atom. The lowest BCUT2D eigenvalue weighted by Crippen LogP contribution is -2.41. The number of nitrogens with zero attached hydrogens (tertiary/aromatic N) is 3. The average Bonchev–Trinajstić information content (AvgIpc) is 2.94. The molecule has 3 rings (SSSR count). The Balaban J connectivity index is 1.58. The second-order valence-electron chi connectivity index (χ2n) is 6.30. The van der Waals surface area contributed by atoms with Crippen molar-refractivity contribution in [1.29, 1.82) is 0 Å². The second kappa shape index (κ2) is 7.83. The quantitative estimate of drug-likeness (QED) is 0.673. The molecule has 0 aromatic heterocycles. The molecule has 1 N–H and O–H groups in total. The van der Waals surface area contributed by atoms with Gasteiger partial charge in [-0.25, -0.2) is 4.99 Å². The molecule has 0 fully saturated rings. The molecule has 1 amide bonds. The number of benzene rings is 2. The zero-order valence-electron chi connectivity index (χ0n) is 14.8. The van der Waals surface area contributed by atoms with Crippen LogP contribution in [0.25, 0.3) is 0 Å². The summed E-state index contributed by atoms with van der Waals surface area (Å²) < 4.78 is 0. The number of nitrogens with one attached hydrogen (secondary N) is 1. The summed E-state index contributed by atoms with van der Waals surface area (Å²) in [6, 6.07) is 18.2. The minimum absolute atomic E-state index is 0.163. The van der Waals surface area contributed by atoms with Crippen LogP contribution in [-0.2, 0) is 17.8 Å². The molecule has 25 heavy (non-hydrogen) atoms. The number of hydrogen-bond acceptors (Lipinski definition) is 2. The van der Waals surface area contributed by atoms with Crippen molar-refractivity contribution >= 4 is 17.6 Å². The monoisotopic (exact) mass is 336 g/mol. The van der Waals surface area contributed by atoms with Gasteiger partial charge in [0.05, 0.1) is 13.0 Å².